The maximum Gasteiger partial charge on any atom is 0.226 e. The van der Waals surface area contributed by atoms with E-state index in [1.54, 1.807) is 43.5 Å². The van der Waals surface area contributed by atoms with E-state index in [0.717, 1.165) is 10.5 Å². The van der Waals surface area contributed by atoms with Crippen LogP contribution in [0.2, 0.25) is 5.15 Å². The highest BCUT2D eigenvalue weighted by Crippen LogP contribution is 2.30. The first kappa shape index (κ1) is 22.6. The molecule has 0 saturated carbocycles. The summed E-state index contributed by atoms with van der Waals surface area (Å²) in [6.07, 6.45) is 2.63. The van der Waals surface area contributed by atoms with Crippen LogP contribution in [-0.2, 0) is 11.2 Å². The van der Waals surface area contributed by atoms with E-state index in [4.69, 9.17) is 11.6 Å². The Labute approximate surface area is 184 Å². The van der Waals surface area contributed by atoms with Crippen LogP contribution in [0, 0.1) is 11.6 Å². The van der Waals surface area contributed by atoms with E-state index in [9.17, 15) is 18.4 Å². The predicted molar refractivity (Wildman–Crippen MR) is 117 cm³/mol. The Bertz CT molecular complexity index is 1100. The second-order valence-corrected chi connectivity index (χ2v) is 7.44. The van der Waals surface area contributed by atoms with Crippen molar-refractivity contribution in [3.8, 4) is 11.1 Å². The summed E-state index contributed by atoms with van der Waals surface area (Å²) in [5.41, 5.74) is 1.77. The van der Waals surface area contributed by atoms with Crippen LogP contribution in [-0.4, -0.2) is 23.7 Å². The molecule has 7 heteroatoms. The molecule has 0 N–H and O–H groups in total. The Morgan fingerprint density at radius 3 is 2.32 bits per heavy atom. The van der Waals surface area contributed by atoms with Crippen molar-refractivity contribution < 1.29 is 18.4 Å². The third-order valence-electron chi connectivity index (χ3n) is 5.05. The Morgan fingerprint density at radius 1 is 1.00 bits per heavy atom. The number of amides is 1. The van der Waals surface area contributed by atoms with Crippen LogP contribution in [0.5, 0.6) is 0 Å². The highest BCUT2D eigenvalue weighted by molar-refractivity contribution is 6.29. The lowest BCUT2D eigenvalue weighted by Crippen LogP contribution is -2.26. The SMILES string of the molecule is CCC(=O)N(C)c1ccc(-c2ccc(C(=O)CCc3ccc(Cl)nc3)cc2)c(F)c1F. The molecule has 0 saturated heterocycles. The van der Waals surface area contributed by atoms with Crippen molar-refractivity contribution in [2.24, 2.45) is 0 Å². The maximum atomic E-state index is 14.7. The summed E-state index contributed by atoms with van der Waals surface area (Å²) in [5, 5.41) is 0.394. The molecule has 2 aromatic carbocycles. The van der Waals surface area contributed by atoms with E-state index >= 15 is 0 Å². The van der Waals surface area contributed by atoms with Crippen molar-refractivity contribution in [1.82, 2.24) is 4.98 Å². The normalized spacial score (nSPS) is 10.7. The molecule has 1 amide bonds. The fourth-order valence-electron chi connectivity index (χ4n) is 3.18. The number of carbonyl (C=O) groups excluding carboxylic acids is 2. The molecular weight excluding hydrogens is 422 g/mol. The fourth-order valence-corrected chi connectivity index (χ4v) is 3.30. The van der Waals surface area contributed by atoms with Gasteiger partial charge in [-0.15, -0.1) is 0 Å². The smallest absolute Gasteiger partial charge is 0.226 e. The lowest BCUT2D eigenvalue weighted by atomic mass is 9.99. The zero-order valence-corrected chi connectivity index (χ0v) is 17.9. The van der Waals surface area contributed by atoms with Crippen molar-refractivity contribution in [2.75, 3.05) is 11.9 Å². The lowest BCUT2D eigenvalue weighted by molar-refractivity contribution is -0.118. The Morgan fingerprint density at radius 2 is 1.71 bits per heavy atom. The molecule has 1 heterocycles. The van der Waals surface area contributed by atoms with Gasteiger partial charge >= 0.3 is 0 Å². The van der Waals surface area contributed by atoms with Crippen LogP contribution in [0.25, 0.3) is 11.1 Å². The third kappa shape index (κ3) is 5.14. The number of aromatic nitrogens is 1. The van der Waals surface area contributed by atoms with Crippen molar-refractivity contribution in [2.45, 2.75) is 26.2 Å². The van der Waals surface area contributed by atoms with Crippen LogP contribution in [0.3, 0.4) is 0 Å². The molecule has 0 atom stereocenters. The van der Waals surface area contributed by atoms with E-state index < -0.39 is 11.6 Å². The first-order valence-electron chi connectivity index (χ1n) is 9.80. The van der Waals surface area contributed by atoms with Crippen LogP contribution in [0.1, 0.15) is 35.7 Å². The molecule has 0 aliphatic rings. The van der Waals surface area contributed by atoms with Gasteiger partial charge in [-0.05, 0) is 35.7 Å². The number of carbonyl (C=O) groups is 2. The molecule has 0 aliphatic heterocycles. The number of hydrogen-bond donors (Lipinski definition) is 0. The van der Waals surface area contributed by atoms with Crippen LogP contribution < -0.4 is 4.90 Å². The number of ketones is 1. The first-order valence-corrected chi connectivity index (χ1v) is 10.2. The summed E-state index contributed by atoms with van der Waals surface area (Å²) >= 11 is 5.76. The van der Waals surface area contributed by atoms with Gasteiger partial charge in [0.25, 0.3) is 0 Å². The lowest BCUT2D eigenvalue weighted by Gasteiger charge is -2.18. The summed E-state index contributed by atoms with van der Waals surface area (Å²) < 4.78 is 29.2. The predicted octanol–water partition coefficient (Wildman–Crippen LogP) is 5.87. The fraction of sp³-hybridized carbons (Fsp3) is 0.208. The molecule has 0 fully saturated rings. The van der Waals surface area contributed by atoms with E-state index in [-0.39, 0.29) is 35.8 Å². The summed E-state index contributed by atoms with van der Waals surface area (Å²) in [6, 6.07) is 12.6. The van der Waals surface area contributed by atoms with Crippen molar-refractivity contribution >= 4 is 29.0 Å². The summed E-state index contributed by atoms with van der Waals surface area (Å²) in [7, 11) is 1.41. The monoisotopic (exact) mass is 442 g/mol. The van der Waals surface area contributed by atoms with Gasteiger partial charge in [0.1, 0.15) is 5.15 Å². The maximum absolute atomic E-state index is 14.7. The van der Waals surface area contributed by atoms with Crippen LogP contribution in [0.15, 0.2) is 54.7 Å². The highest BCUT2D eigenvalue weighted by atomic mass is 35.5. The summed E-state index contributed by atoms with van der Waals surface area (Å²) in [5.74, 6) is -2.51. The molecule has 0 unspecified atom stereocenters. The van der Waals surface area contributed by atoms with Crippen LogP contribution in [0.4, 0.5) is 14.5 Å². The molecule has 0 aliphatic carbocycles. The molecule has 31 heavy (non-hydrogen) atoms. The minimum atomic E-state index is -1.08. The molecule has 0 radical (unpaired) electrons. The third-order valence-corrected chi connectivity index (χ3v) is 5.27. The van der Waals surface area contributed by atoms with E-state index in [2.05, 4.69) is 4.98 Å². The van der Waals surface area contributed by atoms with Gasteiger partial charge in [0.05, 0.1) is 5.69 Å². The first-order chi connectivity index (χ1) is 14.8. The molecular formula is C24H21ClF2N2O2. The van der Waals surface area contributed by atoms with Gasteiger partial charge in [0.2, 0.25) is 5.91 Å². The summed E-state index contributed by atoms with van der Waals surface area (Å²) in [6.45, 7) is 1.65. The van der Waals surface area contributed by atoms with Crippen molar-refractivity contribution in [3.05, 3.63) is 82.6 Å². The number of hydrogen-bond acceptors (Lipinski definition) is 3. The minimum absolute atomic E-state index is 0.0600. The quantitative estimate of drug-likeness (QED) is 0.339. The number of aryl methyl sites for hydroxylation is 1. The zero-order valence-electron chi connectivity index (χ0n) is 17.2. The summed E-state index contributed by atoms with van der Waals surface area (Å²) in [4.78, 5) is 29.3. The average molecular weight is 443 g/mol. The van der Waals surface area contributed by atoms with Crippen molar-refractivity contribution in [1.29, 1.82) is 0 Å². The molecule has 160 valence electrons. The zero-order chi connectivity index (χ0) is 22.5. The van der Waals surface area contributed by atoms with Gasteiger partial charge in [-0.1, -0.05) is 48.9 Å². The Kier molecular flexibility index (Phi) is 7.13. The van der Waals surface area contributed by atoms with Crippen LogP contribution >= 0.6 is 11.6 Å². The van der Waals surface area contributed by atoms with Gasteiger partial charge in [0.15, 0.2) is 17.4 Å². The second-order valence-electron chi connectivity index (χ2n) is 7.06. The van der Waals surface area contributed by atoms with Gasteiger partial charge in [-0.2, -0.15) is 0 Å². The number of Topliss-reactive ketones (excluding diaryl/α,β-unsaturated/α-hetero) is 1. The molecule has 3 rings (SSSR count). The number of anilines is 1. The molecule has 1 aromatic heterocycles. The van der Waals surface area contributed by atoms with Gasteiger partial charge in [-0.3, -0.25) is 9.59 Å². The van der Waals surface area contributed by atoms with Crippen molar-refractivity contribution in [3.63, 3.8) is 0 Å². The molecule has 3 aromatic rings. The molecule has 4 nitrogen and oxygen atoms in total. The second kappa shape index (κ2) is 9.79. The largest absolute Gasteiger partial charge is 0.313 e. The number of rotatable bonds is 7. The van der Waals surface area contributed by atoms with E-state index in [1.807, 2.05) is 6.07 Å². The molecule has 0 bridgehead atoms. The average Bonchev–Trinajstić information content (AvgIpc) is 2.79. The number of nitrogens with zero attached hydrogens (tertiary/aromatic N) is 2. The van der Waals surface area contributed by atoms with Gasteiger partial charge in [0, 0.05) is 37.2 Å². The Hall–Kier alpha value is -3.12. The Balaban J connectivity index is 1.74. The molecule has 0 spiro atoms. The number of pyridine rings is 1. The van der Waals surface area contributed by atoms with E-state index in [0.29, 0.717) is 22.7 Å². The van der Waals surface area contributed by atoms with Gasteiger partial charge < -0.3 is 4.90 Å². The minimum Gasteiger partial charge on any atom is -0.313 e. The van der Waals surface area contributed by atoms with Gasteiger partial charge in [-0.25, -0.2) is 13.8 Å². The highest BCUT2D eigenvalue weighted by Gasteiger charge is 2.20. The number of benzene rings is 2. The standard InChI is InChI=1S/C24H21ClF2N2O2/c1-3-22(31)29(2)19-11-10-18(23(26)24(19)27)16-6-8-17(9-7-16)20(30)12-4-15-5-13-21(25)28-14-15/h5-11,13-14H,3-4,12H2,1-2H3. The van der Waals surface area contributed by atoms with E-state index in [1.165, 1.54) is 19.2 Å². The topological polar surface area (TPSA) is 50.3 Å². The number of halogens is 3.